The van der Waals surface area contributed by atoms with E-state index in [1.807, 2.05) is 17.5 Å². The predicted molar refractivity (Wildman–Crippen MR) is 141 cm³/mol. The van der Waals surface area contributed by atoms with Crippen LogP contribution >= 0.6 is 0 Å². The van der Waals surface area contributed by atoms with Crippen LogP contribution in [0.1, 0.15) is 44.7 Å². The van der Waals surface area contributed by atoms with Crippen molar-refractivity contribution in [3.63, 3.8) is 0 Å². The number of nitrogens with zero attached hydrogens (tertiary/aromatic N) is 5. The first-order valence-electron chi connectivity index (χ1n) is 13.3. The highest BCUT2D eigenvalue weighted by Gasteiger charge is 2.26. The summed E-state index contributed by atoms with van der Waals surface area (Å²) in [4.78, 5) is 22.3. The zero-order valence-electron chi connectivity index (χ0n) is 21.4. The molecule has 7 nitrogen and oxygen atoms in total. The third-order valence-corrected chi connectivity index (χ3v) is 7.56. The summed E-state index contributed by atoms with van der Waals surface area (Å²) in [7, 11) is 0. The number of rotatable bonds is 7. The fraction of sp³-hybridized carbons (Fsp3) is 0.536. The number of halogens is 1. The summed E-state index contributed by atoms with van der Waals surface area (Å²) >= 11 is 0. The van der Waals surface area contributed by atoms with Crippen molar-refractivity contribution in [1.82, 2.24) is 24.8 Å². The normalized spacial score (nSPS) is 19.6. The lowest BCUT2D eigenvalue weighted by atomic mass is 9.96. The molecule has 2 aliphatic rings. The molecule has 2 fully saturated rings. The van der Waals surface area contributed by atoms with Crippen molar-refractivity contribution >= 4 is 17.4 Å². The molecule has 1 aromatic carbocycles. The summed E-state index contributed by atoms with van der Waals surface area (Å²) in [5.74, 6) is 1.76. The van der Waals surface area contributed by atoms with Gasteiger partial charge in [-0.3, -0.25) is 4.79 Å². The first-order chi connectivity index (χ1) is 17.5. The predicted octanol–water partition coefficient (Wildman–Crippen LogP) is 4.30. The average molecular weight is 493 g/mol. The molecular formula is C28H37FN6O. The molecule has 192 valence electrons. The molecule has 1 N–H and O–H groups in total. The molecule has 8 heteroatoms. The lowest BCUT2D eigenvalue weighted by Crippen LogP contribution is -2.42. The summed E-state index contributed by atoms with van der Waals surface area (Å²) in [6.07, 6.45) is 5.30. The van der Waals surface area contributed by atoms with Gasteiger partial charge in [-0.2, -0.15) is 9.61 Å². The maximum absolute atomic E-state index is 13.4. The van der Waals surface area contributed by atoms with Gasteiger partial charge >= 0.3 is 0 Å². The summed E-state index contributed by atoms with van der Waals surface area (Å²) in [6.45, 7) is 10.1. The van der Waals surface area contributed by atoms with Gasteiger partial charge in [-0.1, -0.05) is 6.92 Å². The van der Waals surface area contributed by atoms with Crippen molar-refractivity contribution in [3.8, 4) is 11.3 Å². The number of hydrogen-bond donors (Lipinski definition) is 1. The second-order valence-corrected chi connectivity index (χ2v) is 10.5. The van der Waals surface area contributed by atoms with Gasteiger partial charge in [0.1, 0.15) is 11.6 Å². The highest BCUT2D eigenvalue weighted by Crippen LogP contribution is 2.27. The van der Waals surface area contributed by atoms with Crippen LogP contribution in [0.5, 0.6) is 0 Å². The van der Waals surface area contributed by atoms with E-state index in [2.05, 4.69) is 33.1 Å². The maximum atomic E-state index is 13.4. The second-order valence-electron chi connectivity index (χ2n) is 10.5. The van der Waals surface area contributed by atoms with Crippen molar-refractivity contribution in [2.75, 3.05) is 44.2 Å². The fourth-order valence-corrected chi connectivity index (χ4v) is 5.59. The molecule has 2 aromatic heterocycles. The Bertz CT molecular complexity index is 1180. The van der Waals surface area contributed by atoms with Crippen LogP contribution in [0.2, 0.25) is 0 Å². The Kier molecular flexibility index (Phi) is 7.51. The van der Waals surface area contributed by atoms with Crippen molar-refractivity contribution in [3.05, 3.63) is 47.9 Å². The first kappa shape index (κ1) is 24.7. The SMILES string of the molecule is Cc1cc(N2CCC(C(=O)NCCCN3CCC[C@@H](C)C3)CC2)n2nc(-c3ccc(F)cc3)cc2n1. The van der Waals surface area contributed by atoms with Gasteiger partial charge < -0.3 is 15.1 Å². The number of carbonyl (C=O) groups is 1. The third kappa shape index (κ3) is 5.69. The van der Waals surface area contributed by atoms with Gasteiger partial charge in [0.05, 0.1) is 5.69 Å². The van der Waals surface area contributed by atoms with E-state index in [1.165, 1.54) is 38.1 Å². The number of carbonyl (C=O) groups excluding carboxylic acids is 1. The summed E-state index contributed by atoms with van der Waals surface area (Å²) in [6, 6.07) is 10.4. The van der Waals surface area contributed by atoms with Crippen LogP contribution in [0.3, 0.4) is 0 Å². The monoisotopic (exact) mass is 492 g/mol. The summed E-state index contributed by atoms with van der Waals surface area (Å²) in [5, 5.41) is 7.97. The lowest BCUT2D eigenvalue weighted by Gasteiger charge is -2.33. The van der Waals surface area contributed by atoms with Gasteiger partial charge in [-0.15, -0.1) is 0 Å². The summed E-state index contributed by atoms with van der Waals surface area (Å²) in [5.41, 5.74) is 3.32. The highest BCUT2D eigenvalue weighted by atomic mass is 19.1. The average Bonchev–Trinajstić information content (AvgIpc) is 3.30. The van der Waals surface area contributed by atoms with Gasteiger partial charge in [0.2, 0.25) is 5.91 Å². The number of piperidine rings is 2. The molecule has 0 radical (unpaired) electrons. The van der Waals surface area contributed by atoms with Crippen LogP contribution in [0.25, 0.3) is 16.9 Å². The number of benzene rings is 1. The maximum Gasteiger partial charge on any atom is 0.223 e. The molecule has 36 heavy (non-hydrogen) atoms. The van der Waals surface area contributed by atoms with Crippen LogP contribution in [-0.2, 0) is 4.79 Å². The van der Waals surface area contributed by atoms with E-state index >= 15 is 0 Å². The van der Waals surface area contributed by atoms with E-state index in [1.54, 1.807) is 12.1 Å². The molecule has 0 unspecified atom stereocenters. The molecule has 0 spiro atoms. The van der Waals surface area contributed by atoms with Gasteiger partial charge in [-0.05, 0) is 82.3 Å². The molecule has 3 aromatic rings. The zero-order valence-corrected chi connectivity index (χ0v) is 21.4. The van der Waals surface area contributed by atoms with E-state index in [9.17, 15) is 9.18 Å². The molecule has 1 atom stereocenters. The molecule has 0 bridgehead atoms. The standard InChI is InChI=1S/C28H37FN6O/c1-20-5-3-13-33(19-20)14-4-12-30-28(36)23-10-15-34(16-11-23)27-17-21(2)31-26-18-25(32-35(26)27)22-6-8-24(29)9-7-22/h6-9,17-18,20,23H,3-5,10-16,19H2,1-2H3,(H,30,36)/t20-/m1/s1. The van der Waals surface area contributed by atoms with Gasteiger partial charge in [0.15, 0.2) is 5.65 Å². The Morgan fingerprint density at radius 3 is 2.64 bits per heavy atom. The lowest BCUT2D eigenvalue weighted by molar-refractivity contribution is -0.125. The highest BCUT2D eigenvalue weighted by molar-refractivity contribution is 5.79. The van der Waals surface area contributed by atoms with Gasteiger partial charge in [0, 0.05) is 55.5 Å². The molecule has 0 saturated carbocycles. The van der Waals surface area contributed by atoms with Crippen LogP contribution in [-0.4, -0.2) is 64.7 Å². The minimum atomic E-state index is -0.263. The Hall–Kier alpha value is -3.00. The smallest absolute Gasteiger partial charge is 0.223 e. The van der Waals surface area contributed by atoms with Crippen molar-refractivity contribution < 1.29 is 9.18 Å². The Morgan fingerprint density at radius 1 is 1.11 bits per heavy atom. The van der Waals surface area contributed by atoms with Gasteiger partial charge in [-0.25, -0.2) is 9.37 Å². The quantitative estimate of drug-likeness (QED) is 0.498. The number of fused-ring (bicyclic) bond motifs is 1. The summed E-state index contributed by atoms with van der Waals surface area (Å²) < 4.78 is 15.2. The van der Waals surface area contributed by atoms with Crippen LogP contribution in [0.4, 0.5) is 10.2 Å². The van der Waals surface area contributed by atoms with E-state index in [0.29, 0.717) is 0 Å². The topological polar surface area (TPSA) is 65.8 Å². The number of likely N-dealkylation sites (tertiary alicyclic amines) is 1. The first-order valence-corrected chi connectivity index (χ1v) is 13.3. The third-order valence-electron chi connectivity index (χ3n) is 7.56. The van der Waals surface area contributed by atoms with Crippen LogP contribution in [0, 0.1) is 24.6 Å². The van der Waals surface area contributed by atoms with E-state index < -0.39 is 0 Å². The van der Waals surface area contributed by atoms with E-state index in [4.69, 9.17) is 5.10 Å². The zero-order chi connectivity index (χ0) is 25.1. The Labute approximate surface area is 212 Å². The molecule has 4 heterocycles. The van der Waals surface area contributed by atoms with Crippen molar-refractivity contribution in [2.24, 2.45) is 11.8 Å². The minimum Gasteiger partial charge on any atom is -0.356 e. The number of hydrogen-bond acceptors (Lipinski definition) is 5. The second kappa shape index (κ2) is 10.9. The van der Waals surface area contributed by atoms with E-state index in [0.717, 1.165) is 79.8 Å². The number of amides is 1. The number of aromatic nitrogens is 3. The van der Waals surface area contributed by atoms with Crippen molar-refractivity contribution in [2.45, 2.75) is 46.0 Å². The molecule has 2 aliphatic heterocycles. The van der Waals surface area contributed by atoms with Crippen LogP contribution < -0.4 is 10.2 Å². The number of aryl methyl sites for hydroxylation is 1. The Morgan fingerprint density at radius 2 is 1.89 bits per heavy atom. The minimum absolute atomic E-state index is 0.0575. The molecular weight excluding hydrogens is 455 g/mol. The van der Waals surface area contributed by atoms with Gasteiger partial charge in [0.25, 0.3) is 0 Å². The molecule has 1 amide bonds. The fourth-order valence-electron chi connectivity index (χ4n) is 5.59. The molecule has 2 saturated heterocycles. The number of anilines is 1. The molecule has 0 aliphatic carbocycles. The largest absolute Gasteiger partial charge is 0.356 e. The molecule has 5 rings (SSSR count). The Balaban J connectivity index is 1.17. The van der Waals surface area contributed by atoms with Crippen LogP contribution in [0.15, 0.2) is 36.4 Å². The van der Waals surface area contributed by atoms with E-state index in [-0.39, 0.29) is 17.6 Å². The number of nitrogens with one attached hydrogen (secondary N) is 1. The van der Waals surface area contributed by atoms with Crippen molar-refractivity contribution in [1.29, 1.82) is 0 Å².